The number of para-hydroxylation sites is 2. The molecule has 1 unspecified atom stereocenters. The van der Waals surface area contributed by atoms with Crippen molar-refractivity contribution in [2.45, 2.75) is 44.4 Å². The molecule has 1 aromatic carbocycles. The van der Waals surface area contributed by atoms with Gasteiger partial charge < -0.3 is 30.5 Å². The fraction of sp³-hybridized carbons (Fsp3) is 0.421. The van der Waals surface area contributed by atoms with Gasteiger partial charge >= 0.3 is 11.9 Å². The van der Waals surface area contributed by atoms with Crippen LogP contribution in [0.4, 0.5) is 5.69 Å². The number of likely N-dealkylation sites (N-methyl/N-ethyl adjacent to an activating group) is 1. The number of anilines is 1. The first-order valence-corrected chi connectivity index (χ1v) is 9.09. The normalized spacial score (nSPS) is 19.7. The third-order valence-electron chi connectivity index (χ3n) is 4.69. The Morgan fingerprint density at radius 3 is 2.40 bits per heavy atom. The number of carboxylic acids is 2. The summed E-state index contributed by atoms with van der Waals surface area (Å²) in [5.74, 6) is -4.66. The van der Waals surface area contributed by atoms with Crippen molar-refractivity contribution in [3.63, 3.8) is 0 Å². The van der Waals surface area contributed by atoms with E-state index in [9.17, 15) is 24.0 Å². The predicted molar refractivity (Wildman–Crippen MR) is 103 cm³/mol. The fourth-order valence-corrected chi connectivity index (χ4v) is 2.88. The number of carboxylic acid groups (broad SMARTS) is 2. The van der Waals surface area contributed by atoms with Gasteiger partial charge in [-0.05, 0) is 32.4 Å². The lowest BCUT2D eigenvalue weighted by Crippen LogP contribution is -2.63. The van der Waals surface area contributed by atoms with Gasteiger partial charge in [0, 0.05) is 13.5 Å². The van der Waals surface area contributed by atoms with Gasteiger partial charge in [0.05, 0.1) is 5.69 Å². The summed E-state index contributed by atoms with van der Waals surface area (Å²) in [6, 6.07) is 4.00. The van der Waals surface area contributed by atoms with E-state index >= 15 is 0 Å². The zero-order valence-corrected chi connectivity index (χ0v) is 16.7. The Hall–Kier alpha value is -3.63. The molecule has 0 spiro atoms. The fourth-order valence-electron chi connectivity index (χ4n) is 2.88. The Balaban J connectivity index is 2.09. The van der Waals surface area contributed by atoms with Gasteiger partial charge in [-0.3, -0.25) is 19.2 Å². The van der Waals surface area contributed by atoms with Crippen molar-refractivity contribution in [2.24, 2.45) is 0 Å². The Labute approximate surface area is 172 Å². The molecule has 4 N–H and O–H groups in total. The average Bonchev–Trinajstić information content (AvgIpc) is 2.68. The van der Waals surface area contributed by atoms with Gasteiger partial charge in [0.1, 0.15) is 17.8 Å². The second-order valence-electron chi connectivity index (χ2n) is 6.99. The van der Waals surface area contributed by atoms with Crippen molar-refractivity contribution in [2.75, 3.05) is 11.9 Å². The maximum Gasteiger partial charge on any atom is 0.326 e. The molecule has 2 rings (SSSR count). The Kier molecular flexibility index (Phi) is 6.65. The van der Waals surface area contributed by atoms with Crippen LogP contribution in [0.5, 0.6) is 5.75 Å². The minimum atomic E-state index is -1.94. The van der Waals surface area contributed by atoms with Crippen molar-refractivity contribution in [1.82, 2.24) is 10.6 Å². The van der Waals surface area contributed by atoms with Crippen LogP contribution >= 0.6 is 0 Å². The number of amides is 3. The molecule has 1 aromatic rings. The van der Waals surface area contributed by atoms with Crippen LogP contribution in [0.3, 0.4) is 0 Å². The highest BCUT2D eigenvalue weighted by Gasteiger charge is 2.50. The number of hydrogen-bond donors (Lipinski definition) is 4. The molecule has 0 aliphatic carbocycles. The first-order valence-electron chi connectivity index (χ1n) is 9.09. The van der Waals surface area contributed by atoms with E-state index in [4.69, 9.17) is 14.9 Å². The molecule has 3 amide bonds. The zero-order valence-electron chi connectivity index (χ0n) is 16.7. The van der Waals surface area contributed by atoms with E-state index in [2.05, 4.69) is 10.6 Å². The Bertz CT molecular complexity index is 886. The number of nitrogens with zero attached hydrogens (tertiary/aromatic N) is 1. The molecule has 3 atom stereocenters. The molecule has 0 bridgehead atoms. The van der Waals surface area contributed by atoms with Crippen molar-refractivity contribution in [3.05, 3.63) is 24.3 Å². The maximum absolute atomic E-state index is 12.8. The van der Waals surface area contributed by atoms with E-state index in [1.807, 2.05) is 0 Å². The quantitative estimate of drug-likeness (QED) is 0.417. The number of benzene rings is 1. The molecule has 0 radical (unpaired) electrons. The molecule has 0 aromatic heterocycles. The van der Waals surface area contributed by atoms with E-state index in [-0.39, 0.29) is 6.42 Å². The van der Waals surface area contributed by atoms with Crippen LogP contribution in [0.25, 0.3) is 0 Å². The molecule has 11 nitrogen and oxygen atoms in total. The number of nitrogens with one attached hydrogen (secondary N) is 2. The lowest BCUT2D eigenvalue weighted by Gasteiger charge is -2.38. The topological polar surface area (TPSA) is 162 Å². The molecule has 11 heteroatoms. The second kappa shape index (κ2) is 8.80. The number of hydrogen-bond acceptors (Lipinski definition) is 6. The minimum Gasteiger partial charge on any atom is -0.481 e. The summed E-state index contributed by atoms with van der Waals surface area (Å²) in [4.78, 5) is 60.9. The molecule has 1 aliphatic heterocycles. The summed E-state index contributed by atoms with van der Waals surface area (Å²) >= 11 is 0. The Morgan fingerprint density at radius 1 is 1.17 bits per heavy atom. The van der Waals surface area contributed by atoms with Crippen LogP contribution in [0.2, 0.25) is 0 Å². The van der Waals surface area contributed by atoms with E-state index in [0.29, 0.717) is 11.4 Å². The number of fused-ring (bicyclic) bond motifs is 1. The molecular formula is C19H23N3O8. The molecule has 30 heavy (non-hydrogen) atoms. The van der Waals surface area contributed by atoms with Crippen molar-refractivity contribution in [3.8, 4) is 5.75 Å². The largest absolute Gasteiger partial charge is 0.481 e. The van der Waals surface area contributed by atoms with Crippen molar-refractivity contribution >= 4 is 35.3 Å². The van der Waals surface area contributed by atoms with Crippen LogP contribution in [-0.2, 0) is 24.0 Å². The van der Waals surface area contributed by atoms with Gasteiger partial charge in [0.15, 0.2) is 0 Å². The number of rotatable bonds is 8. The third kappa shape index (κ3) is 4.67. The van der Waals surface area contributed by atoms with Crippen molar-refractivity contribution < 1.29 is 38.9 Å². The number of carbonyl (C=O) groups excluding carboxylic acids is 3. The number of ether oxygens (including phenoxy) is 1. The summed E-state index contributed by atoms with van der Waals surface area (Å²) in [7, 11) is 1.49. The molecule has 0 saturated carbocycles. The van der Waals surface area contributed by atoms with Gasteiger partial charge in [0.2, 0.25) is 5.91 Å². The van der Waals surface area contributed by atoms with Crippen molar-refractivity contribution in [1.29, 1.82) is 0 Å². The lowest BCUT2D eigenvalue weighted by atomic mass is 10.00. The van der Waals surface area contributed by atoms with Crippen LogP contribution in [0, 0.1) is 0 Å². The maximum atomic E-state index is 12.8. The first-order chi connectivity index (χ1) is 14.0. The summed E-state index contributed by atoms with van der Waals surface area (Å²) < 4.78 is 5.63. The van der Waals surface area contributed by atoms with E-state index in [1.165, 1.54) is 25.8 Å². The molecule has 0 saturated heterocycles. The zero-order chi connectivity index (χ0) is 22.6. The van der Waals surface area contributed by atoms with Gasteiger partial charge in [-0.15, -0.1) is 0 Å². The molecule has 0 fully saturated rings. The Morgan fingerprint density at radius 2 is 1.80 bits per heavy atom. The lowest BCUT2D eigenvalue weighted by molar-refractivity contribution is -0.149. The smallest absolute Gasteiger partial charge is 0.326 e. The highest BCUT2D eigenvalue weighted by atomic mass is 16.5. The van der Waals surface area contributed by atoms with E-state index < -0.39 is 53.8 Å². The van der Waals surface area contributed by atoms with Crippen LogP contribution < -0.4 is 20.3 Å². The highest BCUT2D eigenvalue weighted by molar-refractivity contribution is 6.16. The molecule has 1 aliphatic rings. The second-order valence-corrected chi connectivity index (χ2v) is 6.99. The monoisotopic (exact) mass is 421 g/mol. The summed E-state index contributed by atoms with van der Waals surface area (Å²) in [6.45, 7) is 2.58. The van der Waals surface area contributed by atoms with Crippen LogP contribution in [0.1, 0.15) is 26.7 Å². The third-order valence-corrected chi connectivity index (χ3v) is 4.69. The standard InChI is InChI=1S/C19H23N3O8/c1-10(15(25)21-11(16(26)27)8-9-14(23)24)20-17(28)19(2)18(29)22(3)12-6-4-5-7-13(12)30-19/h4-7,10-11H,8-9H2,1-3H3,(H,20,28)(H,21,25)(H,23,24)(H,26,27)/t10-,11+,19?/m0/s1. The summed E-state index contributed by atoms with van der Waals surface area (Å²) in [5, 5.41) is 22.3. The van der Waals surface area contributed by atoms with E-state index in [0.717, 1.165) is 0 Å². The van der Waals surface area contributed by atoms with Crippen LogP contribution in [0.15, 0.2) is 24.3 Å². The molecule has 1 heterocycles. The minimum absolute atomic E-state index is 0.314. The number of carbonyl (C=O) groups is 5. The summed E-state index contributed by atoms with van der Waals surface area (Å²) in [5.41, 5.74) is -1.45. The first kappa shape index (κ1) is 22.7. The van der Waals surface area contributed by atoms with Gasteiger partial charge in [-0.2, -0.15) is 0 Å². The summed E-state index contributed by atoms with van der Waals surface area (Å²) in [6.07, 6.45) is -0.776. The van der Waals surface area contributed by atoms with Crippen LogP contribution in [-0.4, -0.2) is 64.6 Å². The predicted octanol–water partition coefficient (Wildman–Crippen LogP) is -0.261. The molecular weight excluding hydrogens is 398 g/mol. The number of aliphatic carboxylic acids is 2. The average molecular weight is 421 g/mol. The van der Waals surface area contributed by atoms with Gasteiger partial charge in [0.25, 0.3) is 17.4 Å². The molecule has 162 valence electrons. The SMILES string of the molecule is C[C@H](NC(=O)C1(C)Oc2ccccc2N(C)C1=O)C(=O)N[C@H](CCC(=O)O)C(=O)O. The van der Waals surface area contributed by atoms with Gasteiger partial charge in [-0.25, -0.2) is 4.79 Å². The van der Waals surface area contributed by atoms with E-state index in [1.54, 1.807) is 24.3 Å². The van der Waals surface area contributed by atoms with Gasteiger partial charge in [-0.1, -0.05) is 12.1 Å². The highest BCUT2D eigenvalue weighted by Crippen LogP contribution is 2.36.